The van der Waals surface area contributed by atoms with E-state index in [1.165, 1.54) is 11.8 Å². The summed E-state index contributed by atoms with van der Waals surface area (Å²) in [7, 11) is 0. The summed E-state index contributed by atoms with van der Waals surface area (Å²) in [6.45, 7) is 9.20. The van der Waals surface area contributed by atoms with Gasteiger partial charge in [0.05, 0.1) is 22.8 Å². The van der Waals surface area contributed by atoms with Gasteiger partial charge in [-0.2, -0.15) is 0 Å². The van der Waals surface area contributed by atoms with Crippen LogP contribution < -0.4 is 10.2 Å². The molecule has 9 heteroatoms. The van der Waals surface area contributed by atoms with Gasteiger partial charge in [0.15, 0.2) is 5.16 Å². The molecule has 0 unspecified atom stereocenters. The number of halogens is 1. The number of carbonyl (C=O) groups excluding carboxylic acids is 1. The van der Waals surface area contributed by atoms with Crippen molar-refractivity contribution in [2.24, 2.45) is 0 Å². The van der Waals surface area contributed by atoms with E-state index < -0.39 is 0 Å². The highest BCUT2D eigenvalue weighted by Gasteiger charge is 2.19. The second kappa shape index (κ2) is 10.4. The standard InChI is InChI=1S/C23H27ClN6OS/c1-3-28-10-12-29(13-11-28)21-7-5-4-6-20(21)26-22(31)15-32-23-27-25-16-30(23)18-9-8-17(2)19(24)14-18/h4-9,14,16H,3,10-13,15H2,1-2H3,(H,26,31). The molecule has 7 nitrogen and oxygen atoms in total. The monoisotopic (exact) mass is 470 g/mol. The van der Waals surface area contributed by atoms with Gasteiger partial charge in [0.25, 0.3) is 0 Å². The van der Waals surface area contributed by atoms with Gasteiger partial charge in [-0.15, -0.1) is 10.2 Å². The first-order valence-corrected chi connectivity index (χ1v) is 12.1. The fourth-order valence-corrected chi connectivity index (χ4v) is 4.61. The van der Waals surface area contributed by atoms with Crippen molar-refractivity contribution in [2.75, 3.05) is 48.7 Å². The van der Waals surface area contributed by atoms with Crippen LogP contribution in [0.4, 0.5) is 11.4 Å². The summed E-state index contributed by atoms with van der Waals surface area (Å²) in [5.74, 6) is 0.155. The third kappa shape index (κ3) is 5.26. The maximum Gasteiger partial charge on any atom is 0.234 e. The van der Waals surface area contributed by atoms with Crippen LogP contribution in [-0.4, -0.2) is 64.0 Å². The van der Waals surface area contributed by atoms with Crippen LogP contribution in [-0.2, 0) is 4.79 Å². The Balaban J connectivity index is 1.40. The zero-order valence-corrected chi connectivity index (χ0v) is 19.9. The van der Waals surface area contributed by atoms with Crippen molar-refractivity contribution < 1.29 is 4.79 Å². The molecule has 0 radical (unpaired) electrons. The summed E-state index contributed by atoms with van der Waals surface area (Å²) in [6.07, 6.45) is 1.63. The predicted octanol–water partition coefficient (Wildman–Crippen LogP) is 4.10. The number of nitrogens with one attached hydrogen (secondary N) is 1. The second-order valence-electron chi connectivity index (χ2n) is 7.69. The first-order valence-electron chi connectivity index (χ1n) is 10.7. The molecule has 1 aromatic heterocycles. The third-order valence-corrected chi connectivity index (χ3v) is 6.97. The van der Waals surface area contributed by atoms with E-state index >= 15 is 0 Å². The van der Waals surface area contributed by atoms with Crippen molar-refractivity contribution in [2.45, 2.75) is 19.0 Å². The van der Waals surface area contributed by atoms with Crippen LogP contribution in [0.5, 0.6) is 0 Å². The van der Waals surface area contributed by atoms with Crippen molar-refractivity contribution >= 4 is 40.6 Å². The quantitative estimate of drug-likeness (QED) is 0.524. The molecule has 2 aromatic carbocycles. The first kappa shape index (κ1) is 22.6. The van der Waals surface area contributed by atoms with E-state index in [1.807, 2.05) is 47.9 Å². The Labute approximate surface area is 197 Å². The van der Waals surface area contributed by atoms with Crippen molar-refractivity contribution in [1.29, 1.82) is 0 Å². The minimum atomic E-state index is -0.0777. The van der Waals surface area contributed by atoms with E-state index in [0.717, 1.165) is 55.3 Å². The van der Waals surface area contributed by atoms with Gasteiger partial charge < -0.3 is 15.1 Å². The number of hydrogen-bond donors (Lipinski definition) is 1. The minimum Gasteiger partial charge on any atom is -0.367 e. The number of aromatic nitrogens is 3. The Morgan fingerprint density at radius 1 is 1.16 bits per heavy atom. The van der Waals surface area contributed by atoms with E-state index in [0.29, 0.717) is 10.2 Å². The lowest BCUT2D eigenvalue weighted by molar-refractivity contribution is -0.113. The number of piperazine rings is 1. The molecule has 32 heavy (non-hydrogen) atoms. The van der Waals surface area contributed by atoms with E-state index in [4.69, 9.17) is 11.6 Å². The van der Waals surface area contributed by atoms with Crippen molar-refractivity contribution in [3.63, 3.8) is 0 Å². The highest BCUT2D eigenvalue weighted by molar-refractivity contribution is 7.99. The predicted molar refractivity (Wildman–Crippen MR) is 131 cm³/mol. The number of likely N-dealkylation sites (N-methyl/N-ethyl adjacent to an activating group) is 1. The molecular weight excluding hydrogens is 444 g/mol. The van der Waals surface area contributed by atoms with Crippen molar-refractivity contribution in [3.05, 3.63) is 59.4 Å². The number of amides is 1. The van der Waals surface area contributed by atoms with Gasteiger partial charge in [0.1, 0.15) is 6.33 Å². The maximum atomic E-state index is 12.8. The number of para-hydroxylation sites is 2. The smallest absolute Gasteiger partial charge is 0.234 e. The average molecular weight is 471 g/mol. The lowest BCUT2D eigenvalue weighted by Gasteiger charge is -2.36. The van der Waals surface area contributed by atoms with Crippen LogP contribution in [0.1, 0.15) is 12.5 Å². The van der Waals surface area contributed by atoms with E-state index in [-0.39, 0.29) is 11.7 Å². The highest BCUT2D eigenvalue weighted by atomic mass is 35.5. The van der Waals surface area contributed by atoms with Gasteiger partial charge in [-0.05, 0) is 43.3 Å². The number of thioether (sulfide) groups is 1. The van der Waals surface area contributed by atoms with Gasteiger partial charge in [0, 0.05) is 31.2 Å². The topological polar surface area (TPSA) is 66.3 Å². The Morgan fingerprint density at radius 2 is 1.94 bits per heavy atom. The van der Waals surface area contributed by atoms with Crippen LogP contribution in [0.2, 0.25) is 5.02 Å². The first-order chi connectivity index (χ1) is 15.5. The normalized spacial score (nSPS) is 14.5. The molecule has 1 aliphatic heterocycles. The largest absolute Gasteiger partial charge is 0.367 e. The summed E-state index contributed by atoms with van der Waals surface area (Å²) >= 11 is 7.61. The third-order valence-electron chi connectivity index (χ3n) is 5.62. The Hall–Kier alpha value is -2.55. The fourth-order valence-electron chi connectivity index (χ4n) is 3.71. The molecule has 0 saturated carbocycles. The van der Waals surface area contributed by atoms with Crippen LogP contribution >= 0.6 is 23.4 Å². The zero-order chi connectivity index (χ0) is 22.5. The molecule has 1 amide bonds. The molecule has 1 saturated heterocycles. The number of carbonyl (C=O) groups is 1. The number of nitrogens with zero attached hydrogens (tertiary/aromatic N) is 5. The van der Waals surface area contributed by atoms with Crippen molar-refractivity contribution in [1.82, 2.24) is 19.7 Å². The number of aryl methyl sites for hydroxylation is 1. The second-order valence-corrected chi connectivity index (χ2v) is 9.04. The van der Waals surface area contributed by atoms with Crippen LogP contribution in [0.25, 0.3) is 5.69 Å². The van der Waals surface area contributed by atoms with E-state index in [2.05, 4.69) is 38.3 Å². The van der Waals surface area contributed by atoms with Gasteiger partial charge in [-0.3, -0.25) is 9.36 Å². The summed E-state index contributed by atoms with van der Waals surface area (Å²) in [5.41, 5.74) is 3.78. The molecule has 0 atom stereocenters. The summed E-state index contributed by atoms with van der Waals surface area (Å²) in [4.78, 5) is 17.5. The van der Waals surface area contributed by atoms with E-state index in [9.17, 15) is 4.79 Å². The number of anilines is 2. The fraction of sp³-hybridized carbons (Fsp3) is 0.348. The Morgan fingerprint density at radius 3 is 2.69 bits per heavy atom. The van der Waals surface area contributed by atoms with Gasteiger partial charge in [-0.1, -0.05) is 48.5 Å². The van der Waals surface area contributed by atoms with Gasteiger partial charge in [0.2, 0.25) is 5.91 Å². The SMILES string of the molecule is CCN1CCN(c2ccccc2NC(=O)CSc2nncn2-c2ccc(C)c(Cl)c2)CC1. The molecule has 3 aromatic rings. The molecule has 1 N–H and O–H groups in total. The lowest BCUT2D eigenvalue weighted by atomic mass is 10.2. The highest BCUT2D eigenvalue weighted by Crippen LogP contribution is 2.28. The molecular formula is C23H27ClN6OS. The lowest BCUT2D eigenvalue weighted by Crippen LogP contribution is -2.46. The molecule has 0 spiro atoms. The molecule has 1 fully saturated rings. The minimum absolute atomic E-state index is 0.0777. The number of rotatable bonds is 7. The van der Waals surface area contributed by atoms with Gasteiger partial charge >= 0.3 is 0 Å². The van der Waals surface area contributed by atoms with Crippen LogP contribution in [0.3, 0.4) is 0 Å². The average Bonchev–Trinajstić information content (AvgIpc) is 3.29. The Kier molecular flexibility index (Phi) is 7.34. The zero-order valence-electron chi connectivity index (χ0n) is 18.3. The molecule has 4 rings (SSSR count). The number of hydrogen-bond acceptors (Lipinski definition) is 6. The maximum absolute atomic E-state index is 12.8. The van der Waals surface area contributed by atoms with Gasteiger partial charge in [-0.25, -0.2) is 0 Å². The van der Waals surface area contributed by atoms with Crippen LogP contribution in [0.15, 0.2) is 53.9 Å². The number of benzene rings is 2. The molecule has 0 aliphatic carbocycles. The summed E-state index contributed by atoms with van der Waals surface area (Å²) in [6, 6.07) is 13.8. The molecule has 168 valence electrons. The van der Waals surface area contributed by atoms with Crippen LogP contribution in [0, 0.1) is 6.92 Å². The summed E-state index contributed by atoms with van der Waals surface area (Å²) < 4.78 is 1.84. The molecule has 0 bridgehead atoms. The molecule has 1 aliphatic rings. The molecule has 2 heterocycles. The van der Waals surface area contributed by atoms with Crippen molar-refractivity contribution in [3.8, 4) is 5.69 Å². The van der Waals surface area contributed by atoms with E-state index in [1.54, 1.807) is 6.33 Å². The summed E-state index contributed by atoms with van der Waals surface area (Å²) in [5, 5.41) is 12.6. The Bertz CT molecular complexity index is 1080.